The Morgan fingerprint density at radius 3 is 2.67 bits per heavy atom. The summed E-state index contributed by atoms with van der Waals surface area (Å²) in [4.78, 5) is 3.92. The molecule has 1 atom stereocenters. The SMILES string of the molecule is CC(C)CCNC(C)CCn1cncn1. The van der Waals surface area contributed by atoms with Crippen molar-refractivity contribution >= 4 is 0 Å². The van der Waals surface area contributed by atoms with Crippen LogP contribution in [0.5, 0.6) is 0 Å². The van der Waals surface area contributed by atoms with Crippen LogP contribution in [0.3, 0.4) is 0 Å². The van der Waals surface area contributed by atoms with Gasteiger partial charge in [0.1, 0.15) is 12.7 Å². The lowest BCUT2D eigenvalue weighted by Crippen LogP contribution is -2.28. The Kier molecular flexibility index (Phi) is 5.32. The summed E-state index contributed by atoms with van der Waals surface area (Å²) in [5, 5.41) is 7.59. The second kappa shape index (κ2) is 6.56. The fourth-order valence-corrected chi connectivity index (χ4v) is 1.39. The molecular weight excluding hydrogens is 188 g/mol. The monoisotopic (exact) mass is 210 g/mol. The maximum absolute atomic E-state index is 4.07. The van der Waals surface area contributed by atoms with E-state index in [9.17, 15) is 0 Å². The van der Waals surface area contributed by atoms with Crippen LogP contribution in [0.1, 0.15) is 33.6 Å². The highest BCUT2D eigenvalue weighted by Gasteiger charge is 2.02. The molecule has 0 radical (unpaired) electrons. The molecule has 1 unspecified atom stereocenters. The molecule has 0 amide bonds. The van der Waals surface area contributed by atoms with Crippen LogP contribution in [-0.4, -0.2) is 27.4 Å². The maximum Gasteiger partial charge on any atom is 0.137 e. The number of aryl methyl sites for hydroxylation is 1. The molecule has 0 aliphatic heterocycles. The molecule has 1 N–H and O–H groups in total. The second-order valence-electron chi connectivity index (χ2n) is 4.48. The van der Waals surface area contributed by atoms with Gasteiger partial charge in [0.25, 0.3) is 0 Å². The van der Waals surface area contributed by atoms with Crippen molar-refractivity contribution in [2.45, 2.75) is 46.2 Å². The van der Waals surface area contributed by atoms with Crippen LogP contribution < -0.4 is 5.32 Å². The summed E-state index contributed by atoms with van der Waals surface area (Å²) in [5.41, 5.74) is 0. The molecule has 1 aromatic heterocycles. The molecular formula is C11H22N4. The van der Waals surface area contributed by atoms with E-state index in [-0.39, 0.29) is 0 Å². The molecule has 0 aliphatic rings. The Morgan fingerprint density at radius 1 is 1.27 bits per heavy atom. The van der Waals surface area contributed by atoms with E-state index in [2.05, 4.69) is 36.2 Å². The summed E-state index contributed by atoms with van der Waals surface area (Å²) in [6, 6.07) is 0.549. The molecule has 0 aromatic carbocycles. The first-order chi connectivity index (χ1) is 7.18. The van der Waals surface area contributed by atoms with E-state index >= 15 is 0 Å². The van der Waals surface area contributed by atoms with Crippen molar-refractivity contribution in [3.05, 3.63) is 12.7 Å². The van der Waals surface area contributed by atoms with Crippen LogP contribution in [0.2, 0.25) is 0 Å². The normalized spacial score (nSPS) is 13.3. The van der Waals surface area contributed by atoms with Crippen molar-refractivity contribution in [3.8, 4) is 0 Å². The van der Waals surface area contributed by atoms with Crippen LogP contribution in [-0.2, 0) is 6.54 Å². The summed E-state index contributed by atoms with van der Waals surface area (Å²) in [5.74, 6) is 0.778. The Balaban J connectivity index is 2.06. The first kappa shape index (κ1) is 12.2. The van der Waals surface area contributed by atoms with Gasteiger partial charge in [-0.3, -0.25) is 4.68 Å². The first-order valence-corrected chi connectivity index (χ1v) is 5.74. The summed E-state index contributed by atoms with van der Waals surface area (Å²) >= 11 is 0. The van der Waals surface area contributed by atoms with Gasteiger partial charge in [0, 0.05) is 12.6 Å². The molecule has 4 nitrogen and oxygen atoms in total. The second-order valence-corrected chi connectivity index (χ2v) is 4.48. The third kappa shape index (κ3) is 5.52. The van der Waals surface area contributed by atoms with Crippen LogP contribution in [0, 0.1) is 5.92 Å². The lowest BCUT2D eigenvalue weighted by molar-refractivity contribution is 0.436. The van der Waals surface area contributed by atoms with E-state index < -0.39 is 0 Å². The predicted octanol–water partition coefficient (Wildman–Crippen LogP) is 1.69. The average molecular weight is 210 g/mol. The molecule has 86 valence electrons. The molecule has 0 bridgehead atoms. The number of nitrogens with one attached hydrogen (secondary N) is 1. The van der Waals surface area contributed by atoms with Crippen molar-refractivity contribution in [3.63, 3.8) is 0 Å². The third-order valence-corrected chi connectivity index (χ3v) is 2.47. The minimum Gasteiger partial charge on any atom is -0.314 e. The zero-order chi connectivity index (χ0) is 11.1. The van der Waals surface area contributed by atoms with E-state index in [1.807, 2.05) is 4.68 Å². The van der Waals surface area contributed by atoms with Gasteiger partial charge in [-0.2, -0.15) is 5.10 Å². The molecule has 15 heavy (non-hydrogen) atoms. The Hall–Kier alpha value is -0.900. The summed E-state index contributed by atoms with van der Waals surface area (Å²) in [6.07, 6.45) is 5.69. The fraction of sp³-hybridized carbons (Fsp3) is 0.818. The van der Waals surface area contributed by atoms with Gasteiger partial charge in [0.15, 0.2) is 0 Å². The molecule has 0 fully saturated rings. The predicted molar refractivity (Wildman–Crippen MR) is 61.6 cm³/mol. The summed E-state index contributed by atoms with van der Waals surface area (Å²) in [7, 11) is 0. The topological polar surface area (TPSA) is 42.7 Å². The van der Waals surface area contributed by atoms with Gasteiger partial charge in [0.05, 0.1) is 0 Å². The highest BCUT2D eigenvalue weighted by atomic mass is 15.3. The standard InChI is InChI=1S/C11H22N4/c1-10(2)4-6-13-11(3)5-7-15-9-12-8-14-15/h8-11,13H,4-7H2,1-3H3. The highest BCUT2D eigenvalue weighted by Crippen LogP contribution is 1.99. The smallest absolute Gasteiger partial charge is 0.137 e. The van der Waals surface area contributed by atoms with Crippen molar-refractivity contribution in [1.29, 1.82) is 0 Å². The zero-order valence-corrected chi connectivity index (χ0v) is 9.98. The van der Waals surface area contributed by atoms with E-state index in [4.69, 9.17) is 0 Å². The van der Waals surface area contributed by atoms with Crippen LogP contribution in [0.4, 0.5) is 0 Å². The highest BCUT2D eigenvalue weighted by molar-refractivity contribution is 4.63. The molecule has 0 saturated carbocycles. The number of rotatable bonds is 7. The maximum atomic E-state index is 4.07. The zero-order valence-electron chi connectivity index (χ0n) is 9.98. The van der Waals surface area contributed by atoms with Gasteiger partial charge in [-0.25, -0.2) is 4.98 Å². The van der Waals surface area contributed by atoms with Crippen molar-refractivity contribution in [1.82, 2.24) is 20.1 Å². The van der Waals surface area contributed by atoms with Gasteiger partial charge in [-0.05, 0) is 32.2 Å². The van der Waals surface area contributed by atoms with E-state index in [1.54, 1.807) is 12.7 Å². The lowest BCUT2D eigenvalue weighted by Gasteiger charge is -2.14. The van der Waals surface area contributed by atoms with Gasteiger partial charge < -0.3 is 5.32 Å². The van der Waals surface area contributed by atoms with Crippen molar-refractivity contribution in [2.75, 3.05) is 6.54 Å². The molecule has 1 aromatic rings. The van der Waals surface area contributed by atoms with Crippen molar-refractivity contribution < 1.29 is 0 Å². The lowest BCUT2D eigenvalue weighted by atomic mass is 10.1. The molecule has 4 heteroatoms. The number of hydrogen-bond donors (Lipinski definition) is 1. The molecule has 1 heterocycles. The summed E-state index contributed by atoms with van der Waals surface area (Å²) in [6.45, 7) is 8.77. The average Bonchev–Trinajstić information content (AvgIpc) is 2.66. The van der Waals surface area contributed by atoms with Crippen LogP contribution in [0.25, 0.3) is 0 Å². The quantitative estimate of drug-likeness (QED) is 0.744. The van der Waals surface area contributed by atoms with Gasteiger partial charge >= 0.3 is 0 Å². The van der Waals surface area contributed by atoms with Gasteiger partial charge in [-0.1, -0.05) is 13.8 Å². The van der Waals surface area contributed by atoms with E-state index in [1.165, 1.54) is 6.42 Å². The Labute approximate surface area is 92.1 Å². The molecule has 0 saturated heterocycles. The van der Waals surface area contributed by atoms with Crippen LogP contribution in [0.15, 0.2) is 12.7 Å². The fourth-order valence-electron chi connectivity index (χ4n) is 1.39. The van der Waals surface area contributed by atoms with E-state index in [0.29, 0.717) is 6.04 Å². The van der Waals surface area contributed by atoms with E-state index in [0.717, 1.165) is 25.4 Å². The summed E-state index contributed by atoms with van der Waals surface area (Å²) < 4.78 is 1.88. The molecule has 0 spiro atoms. The number of nitrogens with zero attached hydrogens (tertiary/aromatic N) is 3. The molecule has 0 aliphatic carbocycles. The minimum absolute atomic E-state index is 0.549. The van der Waals surface area contributed by atoms with Crippen LogP contribution >= 0.6 is 0 Å². The van der Waals surface area contributed by atoms with Crippen molar-refractivity contribution in [2.24, 2.45) is 5.92 Å². The number of aromatic nitrogens is 3. The first-order valence-electron chi connectivity index (χ1n) is 5.74. The minimum atomic E-state index is 0.549. The van der Waals surface area contributed by atoms with Gasteiger partial charge in [0.2, 0.25) is 0 Å². The third-order valence-electron chi connectivity index (χ3n) is 2.47. The Bertz CT molecular complexity index is 243. The van der Waals surface area contributed by atoms with Gasteiger partial charge in [-0.15, -0.1) is 0 Å². The Morgan fingerprint density at radius 2 is 2.07 bits per heavy atom. The largest absolute Gasteiger partial charge is 0.314 e. The number of hydrogen-bond acceptors (Lipinski definition) is 3. The molecule has 1 rings (SSSR count).